The van der Waals surface area contributed by atoms with Crippen molar-refractivity contribution in [2.45, 2.75) is 90.6 Å². The summed E-state index contributed by atoms with van der Waals surface area (Å²) in [7, 11) is 0. The average molecular weight is 401 g/mol. The molecule has 0 spiro atoms. The van der Waals surface area contributed by atoms with Gasteiger partial charge in [0.2, 0.25) is 0 Å². The van der Waals surface area contributed by atoms with Crippen LogP contribution in [0, 0.1) is 0 Å². The van der Waals surface area contributed by atoms with E-state index in [-0.39, 0.29) is 6.61 Å². The minimum absolute atomic E-state index is 0.133. The molecule has 1 aromatic carbocycles. The van der Waals surface area contributed by atoms with Gasteiger partial charge < -0.3 is 4.74 Å². The standard InChI is InChI=1S/C25H37FN2O/c1-3-5-7-8-9-11-13-21-19-22(25-27-17-12-18-28-25)15-16-24(21)29-20-23(26)14-10-6-4-2/h12,15-19,23H,3-11,13-14,20H2,1-2H3. The fraction of sp³-hybridized carbons (Fsp3) is 0.600. The number of halogens is 1. The Morgan fingerprint density at radius 3 is 2.34 bits per heavy atom. The van der Waals surface area contributed by atoms with E-state index in [2.05, 4.69) is 29.9 Å². The van der Waals surface area contributed by atoms with Gasteiger partial charge in [-0.1, -0.05) is 65.2 Å². The van der Waals surface area contributed by atoms with Gasteiger partial charge in [-0.05, 0) is 49.1 Å². The van der Waals surface area contributed by atoms with E-state index >= 15 is 0 Å². The molecule has 160 valence electrons. The molecular weight excluding hydrogens is 363 g/mol. The summed E-state index contributed by atoms with van der Waals surface area (Å²) in [5, 5.41) is 0. The predicted molar refractivity (Wildman–Crippen MR) is 119 cm³/mol. The first-order chi connectivity index (χ1) is 14.2. The molecule has 0 aliphatic heterocycles. The Morgan fingerprint density at radius 2 is 1.59 bits per heavy atom. The molecule has 0 N–H and O–H groups in total. The maximum atomic E-state index is 14.2. The summed E-state index contributed by atoms with van der Waals surface area (Å²) in [4.78, 5) is 8.71. The van der Waals surface area contributed by atoms with Gasteiger partial charge in [-0.15, -0.1) is 0 Å². The molecule has 0 aliphatic carbocycles. The zero-order chi connectivity index (χ0) is 20.7. The second-order valence-corrected chi connectivity index (χ2v) is 7.82. The molecule has 1 heterocycles. The first-order valence-electron chi connectivity index (χ1n) is 11.4. The Kier molecular flexibility index (Phi) is 11.3. The van der Waals surface area contributed by atoms with Crippen LogP contribution in [0.1, 0.15) is 83.6 Å². The van der Waals surface area contributed by atoms with Crippen LogP contribution in [0.2, 0.25) is 0 Å². The zero-order valence-electron chi connectivity index (χ0n) is 18.2. The van der Waals surface area contributed by atoms with Crippen LogP contribution in [0.4, 0.5) is 4.39 Å². The summed E-state index contributed by atoms with van der Waals surface area (Å²) in [5.74, 6) is 1.52. The Bertz CT molecular complexity index is 678. The number of rotatable bonds is 15. The number of hydrogen-bond donors (Lipinski definition) is 0. The monoisotopic (exact) mass is 400 g/mol. The third kappa shape index (κ3) is 8.93. The van der Waals surface area contributed by atoms with Crippen LogP contribution in [-0.2, 0) is 6.42 Å². The van der Waals surface area contributed by atoms with Gasteiger partial charge in [0.1, 0.15) is 18.5 Å². The highest BCUT2D eigenvalue weighted by Gasteiger charge is 2.12. The molecule has 1 atom stereocenters. The molecule has 3 nitrogen and oxygen atoms in total. The molecule has 0 aliphatic rings. The van der Waals surface area contributed by atoms with Crippen molar-refractivity contribution in [3.8, 4) is 17.1 Å². The predicted octanol–water partition coefficient (Wildman–Crippen LogP) is 7.34. The number of ether oxygens (including phenoxy) is 1. The van der Waals surface area contributed by atoms with Crippen LogP contribution >= 0.6 is 0 Å². The van der Waals surface area contributed by atoms with Gasteiger partial charge in [0.25, 0.3) is 0 Å². The lowest BCUT2D eigenvalue weighted by atomic mass is 10.0. The summed E-state index contributed by atoms with van der Waals surface area (Å²) in [6.45, 7) is 4.51. The molecule has 0 amide bonds. The third-order valence-electron chi connectivity index (χ3n) is 5.22. The SMILES string of the molecule is CCCCCCCCc1cc(-c2ncccn2)ccc1OCC(F)CCCCC. The fourth-order valence-corrected chi connectivity index (χ4v) is 3.48. The molecule has 0 saturated heterocycles. The Morgan fingerprint density at radius 1 is 0.897 bits per heavy atom. The van der Waals surface area contributed by atoms with E-state index < -0.39 is 6.17 Å². The Balaban J connectivity index is 1.99. The molecule has 1 unspecified atom stereocenters. The highest BCUT2D eigenvalue weighted by molar-refractivity contribution is 5.58. The topological polar surface area (TPSA) is 35.0 Å². The Hall–Kier alpha value is -1.97. The Labute approximate surface area is 176 Å². The van der Waals surface area contributed by atoms with Gasteiger partial charge in [0, 0.05) is 18.0 Å². The maximum Gasteiger partial charge on any atom is 0.159 e. The van der Waals surface area contributed by atoms with E-state index in [0.29, 0.717) is 12.2 Å². The zero-order valence-corrected chi connectivity index (χ0v) is 18.2. The van der Waals surface area contributed by atoms with Gasteiger partial charge in [-0.2, -0.15) is 0 Å². The van der Waals surface area contributed by atoms with Crippen LogP contribution < -0.4 is 4.74 Å². The molecule has 4 heteroatoms. The van der Waals surface area contributed by atoms with E-state index in [1.807, 2.05) is 18.2 Å². The number of hydrogen-bond acceptors (Lipinski definition) is 3. The molecule has 0 fully saturated rings. The summed E-state index contributed by atoms with van der Waals surface area (Å²) in [5.41, 5.74) is 2.12. The summed E-state index contributed by atoms with van der Waals surface area (Å²) >= 11 is 0. The van der Waals surface area contributed by atoms with E-state index in [0.717, 1.165) is 49.0 Å². The van der Waals surface area contributed by atoms with E-state index in [1.54, 1.807) is 12.4 Å². The first kappa shape index (κ1) is 23.3. The van der Waals surface area contributed by atoms with E-state index in [9.17, 15) is 4.39 Å². The van der Waals surface area contributed by atoms with Gasteiger partial charge in [-0.25, -0.2) is 14.4 Å². The second kappa shape index (κ2) is 14.1. The molecule has 0 bridgehead atoms. The molecule has 1 aromatic heterocycles. The minimum Gasteiger partial charge on any atom is -0.490 e. The number of benzene rings is 1. The van der Waals surface area contributed by atoms with Gasteiger partial charge in [0.05, 0.1) is 0 Å². The normalized spacial score (nSPS) is 12.1. The summed E-state index contributed by atoms with van der Waals surface area (Å²) in [6, 6.07) is 7.86. The van der Waals surface area contributed by atoms with Crippen molar-refractivity contribution in [3.05, 3.63) is 42.2 Å². The highest BCUT2D eigenvalue weighted by Crippen LogP contribution is 2.27. The van der Waals surface area contributed by atoms with E-state index in [4.69, 9.17) is 4.74 Å². The summed E-state index contributed by atoms with van der Waals surface area (Å²) in [6.07, 6.45) is 14.7. The van der Waals surface area contributed by atoms with Crippen LogP contribution in [0.3, 0.4) is 0 Å². The van der Waals surface area contributed by atoms with Crippen LogP contribution in [0.25, 0.3) is 11.4 Å². The lowest BCUT2D eigenvalue weighted by molar-refractivity contribution is 0.183. The lowest BCUT2D eigenvalue weighted by Crippen LogP contribution is -2.13. The molecule has 2 aromatic rings. The van der Waals surface area contributed by atoms with Crippen molar-refractivity contribution in [2.75, 3.05) is 6.61 Å². The number of aryl methyl sites for hydroxylation is 1. The smallest absolute Gasteiger partial charge is 0.159 e. The van der Waals surface area contributed by atoms with Crippen LogP contribution in [0.15, 0.2) is 36.7 Å². The van der Waals surface area contributed by atoms with Crippen molar-refractivity contribution in [1.82, 2.24) is 9.97 Å². The van der Waals surface area contributed by atoms with Crippen molar-refractivity contribution in [2.24, 2.45) is 0 Å². The number of aromatic nitrogens is 2. The molecular formula is C25H37FN2O. The summed E-state index contributed by atoms with van der Waals surface area (Å²) < 4.78 is 20.1. The van der Waals surface area contributed by atoms with Crippen molar-refractivity contribution in [1.29, 1.82) is 0 Å². The number of nitrogens with zero attached hydrogens (tertiary/aromatic N) is 2. The number of unbranched alkanes of at least 4 members (excludes halogenated alkanes) is 7. The lowest BCUT2D eigenvalue weighted by Gasteiger charge is -2.15. The quantitative estimate of drug-likeness (QED) is 0.293. The minimum atomic E-state index is -0.902. The average Bonchev–Trinajstić information content (AvgIpc) is 2.76. The van der Waals surface area contributed by atoms with Crippen molar-refractivity contribution < 1.29 is 9.13 Å². The van der Waals surface area contributed by atoms with E-state index in [1.165, 1.54) is 32.1 Å². The van der Waals surface area contributed by atoms with Crippen LogP contribution in [0.5, 0.6) is 5.75 Å². The maximum absolute atomic E-state index is 14.2. The van der Waals surface area contributed by atoms with Crippen LogP contribution in [-0.4, -0.2) is 22.7 Å². The second-order valence-electron chi connectivity index (χ2n) is 7.82. The molecule has 29 heavy (non-hydrogen) atoms. The largest absolute Gasteiger partial charge is 0.490 e. The van der Waals surface area contributed by atoms with Crippen molar-refractivity contribution in [3.63, 3.8) is 0 Å². The highest BCUT2D eigenvalue weighted by atomic mass is 19.1. The molecule has 2 rings (SSSR count). The van der Waals surface area contributed by atoms with Gasteiger partial charge >= 0.3 is 0 Å². The fourth-order valence-electron chi connectivity index (χ4n) is 3.48. The van der Waals surface area contributed by atoms with Gasteiger partial charge in [-0.3, -0.25) is 0 Å². The van der Waals surface area contributed by atoms with Gasteiger partial charge in [0.15, 0.2) is 5.82 Å². The first-order valence-corrected chi connectivity index (χ1v) is 11.4. The van der Waals surface area contributed by atoms with Crippen molar-refractivity contribution >= 4 is 0 Å². The molecule has 0 radical (unpaired) electrons. The third-order valence-corrected chi connectivity index (χ3v) is 5.22. The molecule has 0 saturated carbocycles. The number of alkyl halides is 1.